The molecular formula is C24H30O2. The number of aryl methyl sites for hydroxylation is 3. The van der Waals surface area contributed by atoms with E-state index in [1.807, 2.05) is 38.1 Å². The molecular weight excluding hydrogens is 320 g/mol. The molecule has 2 aromatic carbocycles. The smallest absolute Gasteiger partial charge is 0.122 e. The molecule has 2 aromatic rings. The highest BCUT2D eigenvalue weighted by atomic mass is 16.3. The van der Waals surface area contributed by atoms with Crippen molar-refractivity contribution in [3.8, 4) is 11.5 Å². The summed E-state index contributed by atoms with van der Waals surface area (Å²) in [6.45, 7) is 10.4. The zero-order valence-electron chi connectivity index (χ0n) is 16.5. The first-order valence-corrected chi connectivity index (χ1v) is 9.55. The number of phenols is 2. The Morgan fingerprint density at radius 3 is 2.31 bits per heavy atom. The van der Waals surface area contributed by atoms with Crippen LogP contribution < -0.4 is 0 Å². The van der Waals surface area contributed by atoms with Gasteiger partial charge in [0.2, 0.25) is 0 Å². The second-order valence-corrected chi connectivity index (χ2v) is 8.08. The van der Waals surface area contributed by atoms with Crippen molar-refractivity contribution in [2.24, 2.45) is 11.8 Å². The highest BCUT2D eigenvalue weighted by Crippen LogP contribution is 2.48. The van der Waals surface area contributed by atoms with Gasteiger partial charge in [0.25, 0.3) is 0 Å². The third kappa shape index (κ3) is 3.38. The van der Waals surface area contributed by atoms with Crippen molar-refractivity contribution in [3.05, 3.63) is 69.8 Å². The van der Waals surface area contributed by atoms with Crippen molar-refractivity contribution < 1.29 is 10.2 Å². The van der Waals surface area contributed by atoms with Crippen LogP contribution in [0, 0.1) is 32.6 Å². The Morgan fingerprint density at radius 2 is 1.62 bits per heavy atom. The van der Waals surface area contributed by atoms with Gasteiger partial charge in [-0.2, -0.15) is 0 Å². The summed E-state index contributed by atoms with van der Waals surface area (Å²) in [5.41, 5.74) is 6.22. The van der Waals surface area contributed by atoms with Crippen LogP contribution in [-0.4, -0.2) is 10.2 Å². The van der Waals surface area contributed by atoms with E-state index in [1.54, 1.807) is 0 Å². The normalized spacial score (nSPS) is 21.3. The summed E-state index contributed by atoms with van der Waals surface area (Å²) in [5.74, 6) is 1.44. The van der Waals surface area contributed by atoms with E-state index in [0.29, 0.717) is 23.3 Å². The molecule has 0 aliphatic heterocycles. The predicted molar refractivity (Wildman–Crippen MR) is 108 cm³/mol. The van der Waals surface area contributed by atoms with Crippen molar-refractivity contribution in [1.29, 1.82) is 0 Å². The second kappa shape index (κ2) is 7.19. The van der Waals surface area contributed by atoms with Crippen LogP contribution in [0.2, 0.25) is 0 Å². The number of allylic oxidation sites excluding steroid dienone is 2. The zero-order chi connectivity index (χ0) is 19.0. The number of aromatic hydroxyl groups is 2. The number of phenolic OH excluding ortho intramolecular Hbond substituents is 2. The first-order valence-electron chi connectivity index (χ1n) is 9.55. The molecule has 0 radical (unpaired) electrons. The molecule has 138 valence electrons. The number of hydrogen-bond donors (Lipinski definition) is 2. The molecule has 0 saturated heterocycles. The average Bonchev–Trinajstić information content (AvgIpc) is 2.57. The predicted octanol–water partition coefficient (Wildman–Crippen LogP) is 6.15. The summed E-state index contributed by atoms with van der Waals surface area (Å²) in [7, 11) is 0. The largest absolute Gasteiger partial charge is 0.507 e. The van der Waals surface area contributed by atoms with E-state index >= 15 is 0 Å². The van der Waals surface area contributed by atoms with Gasteiger partial charge in [-0.3, -0.25) is 0 Å². The number of rotatable bonds is 3. The van der Waals surface area contributed by atoms with Crippen molar-refractivity contribution >= 4 is 0 Å². The fraction of sp³-hybridized carbons (Fsp3) is 0.417. The van der Waals surface area contributed by atoms with Gasteiger partial charge in [-0.25, -0.2) is 0 Å². The Balaban J connectivity index is 2.22. The zero-order valence-corrected chi connectivity index (χ0v) is 16.5. The van der Waals surface area contributed by atoms with Gasteiger partial charge in [0.1, 0.15) is 11.5 Å². The van der Waals surface area contributed by atoms with Crippen molar-refractivity contribution in [3.63, 3.8) is 0 Å². The maximum absolute atomic E-state index is 10.9. The lowest BCUT2D eigenvalue weighted by Crippen LogP contribution is -2.24. The molecule has 2 N–H and O–H groups in total. The Bertz CT molecular complexity index is 848. The molecule has 3 unspecified atom stereocenters. The summed E-state index contributed by atoms with van der Waals surface area (Å²) < 4.78 is 0. The average molecular weight is 351 g/mol. The second-order valence-electron chi connectivity index (χ2n) is 8.08. The monoisotopic (exact) mass is 350 g/mol. The van der Waals surface area contributed by atoms with Crippen molar-refractivity contribution in [2.45, 2.75) is 53.4 Å². The summed E-state index contributed by atoms with van der Waals surface area (Å²) in [6.07, 6.45) is 4.49. The maximum Gasteiger partial charge on any atom is 0.122 e. The maximum atomic E-state index is 10.9. The van der Waals surface area contributed by atoms with Gasteiger partial charge in [-0.1, -0.05) is 54.5 Å². The first kappa shape index (κ1) is 18.6. The Labute approximate surface area is 157 Å². The van der Waals surface area contributed by atoms with Crippen molar-refractivity contribution in [2.75, 3.05) is 0 Å². The number of para-hydroxylation sites is 1. The molecule has 2 heteroatoms. The molecule has 1 aliphatic carbocycles. The SMILES string of the molecule is CC1=CC(C)C(C(c2cccc(C)c2O)c2cc(C)cc(C)c2O)CC1. The molecule has 0 saturated carbocycles. The fourth-order valence-corrected chi connectivity index (χ4v) is 4.57. The van der Waals surface area contributed by atoms with E-state index in [-0.39, 0.29) is 5.92 Å². The lowest BCUT2D eigenvalue weighted by Gasteiger charge is -2.36. The minimum Gasteiger partial charge on any atom is -0.507 e. The molecule has 0 bridgehead atoms. The molecule has 3 atom stereocenters. The van der Waals surface area contributed by atoms with Crippen molar-refractivity contribution in [1.82, 2.24) is 0 Å². The summed E-state index contributed by atoms with van der Waals surface area (Å²) in [5, 5.41) is 21.7. The Kier molecular flexibility index (Phi) is 5.13. The molecule has 2 nitrogen and oxygen atoms in total. The number of hydrogen-bond acceptors (Lipinski definition) is 2. The van der Waals surface area contributed by atoms with Crippen LogP contribution in [0.15, 0.2) is 42.0 Å². The number of benzene rings is 2. The van der Waals surface area contributed by atoms with E-state index in [9.17, 15) is 10.2 Å². The minimum atomic E-state index is -0.0205. The molecule has 0 aromatic heterocycles. The van der Waals surface area contributed by atoms with Crippen LogP contribution in [0.3, 0.4) is 0 Å². The van der Waals surface area contributed by atoms with Gasteiger partial charge in [-0.15, -0.1) is 0 Å². The van der Waals surface area contributed by atoms with Gasteiger partial charge in [0.15, 0.2) is 0 Å². The fourth-order valence-electron chi connectivity index (χ4n) is 4.57. The summed E-state index contributed by atoms with van der Waals surface area (Å²) in [6, 6.07) is 10.1. The van der Waals surface area contributed by atoms with E-state index < -0.39 is 0 Å². The van der Waals surface area contributed by atoms with Crippen LogP contribution in [-0.2, 0) is 0 Å². The molecule has 0 spiro atoms. The van der Waals surface area contributed by atoms with E-state index in [0.717, 1.165) is 40.7 Å². The molecule has 0 heterocycles. The van der Waals surface area contributed by atoms with Gasteiger partial charge < -0.3 is 10.2 Å². The minimum absolute atomic E-state index is 0.0205. The molecule has 3 rings (SSSR count). The van der Waals surface area contributed by atoms with Gasteiger partial charge in [0, 0.05) is 17.0 Å². The van der Waals surface area contributed by atoms with Gasteiger partial charge in [0.05, 0.1) is 0 Å². The summed E-state index contributed by atoms with van der Waals surface area (Å²) >= 11 is 0. The van der Waals surface area contributed by atoms with Gasteiger partial charge >= 0.3 is 0 Å². The quantitative estimate of drug-likeness (QED) is 0.652. The van der Waals surface area contributed by atoms with E-state index in [1.165, 1.54) is 5.57 Å². The highest BCUT2D eigenvalue weighted by Gasteiger charge is 2.34. The van der Waals surface area contributed by atoms with Crippen LogP contribution in [0.4, 0.5) is 0 Å². The molecule has 0 fully saturated rings. The molecule has 0 amide bonds. The lowest BCUT2D eigenvalue weighted by molar-refractivity contribution is 0.320. The van der Waals surface area contributed by atoms with Crippen LogP contribution >= 0.6 is 0 Å². The lowest BCUT2D eigenvalue weighted by atomic mass is 9.69. The van der Waals surface area contributed by atoms with Crippen LogP contribution in [0.25, 0.3) is 0 Å². The highest BCUT2D eigenvalue weighted by molar-refractivity contribution is 5.53. The molecule has 1 aliphatic rings. The molecule has 26 heavy (non-hydrogen) atoms. The first-order chi connectivity index (χ1) is 12.3. The third-order valence-electron chi connectivity index (χ3n) is 5.94. The third-order valence-corrected chi connectivity index (χ3v) is 5.94. The van der Waals surface area contributed by atoms with Gasteiger partial charge in [-0.05, 0) is 63.5 Å². The summed E-state index contributed by atoms with van der Waals surface area (Å²) in [4.78, 5) is 0. The van der Waals surface area contributed by atoms with E-state index in [4.69, 9.17) is 0 Å². The van der Waals surface area contributed by atoms with Crippen LogP contribution in [0.5, 0.6) is 11.5 Å². The topological polar surface area (TPSA) is 40.5 Å². The Morgan fingerprint density at radius 1 is 0.923 bits per heavy atom. The van der Waals surface area contributed by atoms with Crippen LogP contribution in [0.1, 0.15) is 60.4 Å². The Hall–Kier alpha value is -2.22. The van der Waals surface area contributed by atoms with E-state index in [2.05, 4.69) is 32.9 Å². The standard InChI is InChI=1S/C24H30O2/c1-14-9-10-19(17(4)11-14)22(20-8-6-7-16(3)23(20)25)21-13-15(2)12-18(5)24(21)26/h6-8,11-13,17,19,22,25-26H,9-10H2,1-5H3.